The van der Waals surface area contributed by atoms with Gasteiger partial charge in [0.25, 0.3) is 0 Å². The Labute approximate surface area is 164 Å². The van der Waals surface area contributed by atoms with E-state index in [0.717, 1.165) is 76.0 Å². The maximum Gasteiger partial charge on any atom is 0.168 e. The molecule has 1 aromatic carbocycles. The molecule has 0 atom stereocenters. The third kappa shape index (κ3) is 4.34. The van der Waals surface area contributed by atoms with Crippen LogP contribution in [0.2, 0.25) is 0 Å². The first-order chi connectivity index (χ1) is 12.8. The zero-order chi connectivity index (χ0) is 17.8. The molecular formula is C19H26N4OS2. The highest BCUT2D eigenvalue weighted by molar-refractivity contribution is 7.80. The lowest BCUT2D eigenvalue weighted by atomic mass is 9.98. The summed E-state index contributed by atoms with van der Waals surface area (Å²) < 4.78 is 6.68. The lowest BCUT2D eigenvalue weighted by molar-refractivity contribution is 0.0388. The van der Waals surface area contributed by atoms with Gasteiger partial charge in [-0.3, -0.25) is 4.90 Å². The predicted molar refractivity (Wildman–Crippen MR) is 111 cm³/mol. The molecule has 2 aromatic rings. The van der Waals surface area contributed by atoms with Crippen LogP contribution in [-0.4, -0.2) is 72.4 Å². The normalized spacial score (nSPS) is 19.8. The van der Waals surface area contributed by atoms with Crippen LogP contribution in [0.5, 0.6) is 0 Å². The zero-order valence-corrected chi connectivity index (χ0v) is 16.7. The summed E-state index contributed by atoms with van der Waals surface area (Å²) in [6.45, 7) is 7.74. The first-order valence-electron chi connectivity index (χ1n) is 9.48. The molecule has 0 radical (unpaired) electrons. The Morgan fingerprint density at radius 3 is 2.73 bits per heavy atom. The molecule has 0 unspecified atom stereocenters. The van der Waals surface area contributed by atoms with Gasteiger partial charge in [0.15, 0.2) is 5.11 Å². The molecule has 26 heavy (non-hydrogen) atoms. The number of rotatable bonds is 4. The van der Waals surface area contributed by atoms with E-state index < -0.39 is 0 Å². The Kier molecular flexibility index (Phi) is 5.99. The molecule has 2 aliphatic heterocycles. The number of fused-ring (bicyclic) bond motifs is 1. The van der Waals surface area contributed by atoms with E-state index in [2.05, 4.69) is 39.4 Å². The molecule has 140 valence electrons. The maximum absolute atomic E-state index is 5.61. The van der Waals surface area contributed by atoms with Gasteiger partial charge in [0.1, 0.15) is 0 Å². The van der Waals surface area contributed by atoms with Crippen LogP contribution in [0, 0.1) is 0 Å². The van der Waals surface area contributed by atoms with E-state index in [-0.39, 0.29) is 0 Å². The van der Waals surface area contributed by atoms with Gasteiger partial charge in [-0.05, 0) is 37.2 Å². The molecule has 4 rings (SSSR count). The van der Waals surface area contributed by atoms with E-state index in [1.807, 2.05) is 11.3 Å². The SMILES string of the molecule is S=C(NCCN1CCOCC1)N1CCC(c2nc3ccccc3s2)CC1. The molecule has 0 saturated carbocycles. The van der Waals surface area contributed by atoms with Gasteiger partial charge < -0.3 is 15.0 Å². The fraction of sp³-hybridized carbons (Fsp3) is 0.579. The highest BCUT2D eigenvalue weighted by Gasteiger charge is 2.24. The summed E-state index contributed by atoms with van der Waals surface area (Å²) in [5.74, 6) is 0.569. The second kappa shape index (κ2) is 8.61. The number of para-hydroxylation sites is 1. The Bertz CT molecular complexity index is 703. The number of ether oxygens (including phenoxy) is 1. The summed E-state index contributed by atoms with van der Waals surface area (Å²) >= 11 is 7.46. The van der Waals surface area contributed by atoms with Crippen LogP contribution in [0.25, 0.3) is 10.2 Å². The monoisotopic (exact) mass is 390 g/mol. The minimum Gasteiger partial charge on any atom is -0.379 e. The molecule has 1 aromatic heterocycles. The van der Waals surface area contributed by atoms with Crippen molar-refractivity contribution in [2.45, 2.75) is 18.8 Å². The fourth-order valence-electron chi connectivity index (χ4n) is 3.65. The maximum atomic E-state index is 5.61. The topological polar surface area (TPSA) is 40.6 Å². The van der Waals surface area contributed by atoms with Gasteiger partial charge in [-0.1, -0.05) is 12.1 Å². The second-order valence-electron chi connectivity index (χ2n) is 6.97. The van der Waals surface area contributed by atoms with Crippen molar-refractivity contribution >= 4 is 38.9 Å². The highest BCUT2D eigenvalue weighted by Crippen LogP contribution is 2.33. The van der Waals surface area contributed by atoms with Gasteiger partial charge in [0.2, 0.25) is 0 Å². The smallest absolute Gasteiger partial charge is 0.168 e. The number of nitrogens with zero attached hydrogens (tertiary/aromatic N) is 3. The first kappa shape index (κ1) is 18.1. The minimum absolute atomic E-state index is 0.569. The fourth-order valence-corrected chi connectivity index (χ4v) is 5.07. The van der Waals surface area contributed by atoms with Crippen molar-refractivity contribution in [3.05, 3.63) is 29.3 Å². The van der Waals surface area contributed by atoms with Crippen molar-refractivity contribution in [1.82, 2.24) is 20.1 Å². The molecule has 0 bridgehead atoms. The third-order valence-electron chi connectivity index (χ3n) is 5.25. The Morgan fingerprint density at radius 1 is 1.19 bits per heavy atom. The quantitative estimate of drug-likeness (QED) is 0.810. The van der Waals surface area contributed by atoms with Crippen LogP contribution >= 0.6 is 23.6 Å². The van der Waals surface area contributed by atoms with Gasteiger partial charge in [0.05, 0.1) is 28.4 Å². The summed E-state index contributed by atoms with van der Waals surface area (Å²) in [5.41, 5.74) is 1.13. The molecule has 2 saturated heterocycles. The van der Waals surface area contributed by atoms with Crippen LogP contribution < -0.4 is 5.32 Å². The van der Waals surface area contributed by atoms with Crippen LogP contribution in [0.3, 0.4) is 0 Å². The Balaban J connectivity index is 1.23. The standard InChI is InChI=1S/C19H26N4OS2/c25-19(20-7-10-22-11-13-24-14-12-22)23-8-5-15(6-9-23)18-21-16-3-1-2-4-17(16)26-18/h1-4,15H,5-14H2,(H,20,25). The lowest BCUT2D eigenvalue weighted by Crippen LogP contribution is -2.47. The number of piperidine rings is 1. The lowest BCUT2D eigenvalue weighted by Gasteiger charge is -2.33. The van der Waals surface area contributed by atoms with Crippen molar-refractivity contribution < 1.29 is 4.74 Å². The molecule has 7 heteroatoms. The average molecular weight is 391 g/mol. The summed E-state index contributed by atoms with van der Waals surface area (Å²) in [4.78, 5) is 9.59. The van der Waals surface area contributed by atoms with E-state index >= 15 is 0 Å². The Hall–Kier alpha value is -1.28. The number of hydrogen-bond donors (Lipinski definition) is 1. The van der Waals surface area contributed by atoms with Gasteiger partial charge in [-0.15, -0.1) is 11.3 Å². The number of likely N-dealkylation sites (tertiary alicyclic amines) is 1. The number of nitrogens with one attached hydrogen (secondary N) is 1. The summed E-state index contributed by atoms with van der Waals surface area (Å²) in [7, 11) is 0. The molecule has 5 nitrogen and oxygen atoms in total. The van der Waals surface area contributed by atoms with E-state index in [1.54, 1.807) is 0 Å². The highest BCUT2D eigenvalue weighted by atomic mass is 32.1. The summed E-state index contributed by atoms with van der Waals surface area (Å²) in [6, 6.07) is 8.43. The van der Waals surface area contributed by atoms with Crippen LogP contribution in [0.1, 0.15) is 23.8 Å². The van der Waals surface area contributed by atoms with Crippen molar-refractivity contribution in [2.24, 2.45) is 0 Å². The predicted octanol–water partition coefficient (Wildman–Crippen LogP) is 2.68. The van der Waals surface area contributed by atoms with E-state index in [9.17, 15) is 0 Å². The molecule has 0 spiro atoms. The largest absolute Gasteiger partial charge is 0.379 e. The van der Waals surface area contributed by atoms with Crippen LogP contribution in [0.4, 0.5) is 0 Å². The molecule has 0 amide bonds. The number of thiocarbonyl (C=S) groups is 1. The zero-order valence-electron chi connectivity index (χ0n) is 15.0. The second-order valence-corrected chi connectivity index (χ2v) is 8.42. The number of morpholine rings is 1. The van der Waals surface area contributed by atoms with E-state index in [1.165, 1.54) is 9.71 Å². The van der Waals surface area contributed by atoms with Crippen molar-refractivity contribution in [3.8, 4) is 0 Å². The molecule has 1 N–H and O–H groups in total. The minimum atomic E-state index is 0.569. The van der Waals surface area contributed by atoms with Crippen molar-refractivity contribution in [1.29, 1.82) is 0 Å². The average Bonchev–Trinajstić information content (AvgIpc) is 3.13. The number of hydrogen-bond acceptors (Lipinski definition) is 5. The summed E-state index contributed by atoms with van der Waals surface area (Å²) in [5, 5.41) is 5.63. The van der Waals surface area contributed by atoms with Gasteiger partial charge in [-0.2, -0.15) is 0 Å². The third-order valence-corrected chi connectivity index (χ3v) is 6.85. The van der Waals surface area contributed by atoms with Gasteiger partial charge in [0, 0.05) is 45.2 Å². The molecule has 3 heterocycles. The van der Waals surface area contributed by atoms with Crippen molar-refractivity contribution in [3.63, 3.8) is 0 Å². The number of benzene rings is 1. The van der Waals surface area contributed by atoms with Gasteiger partial charge in [-0.25, -0.2) is 4.98 Å². The van der Waals surface area contributed by atoms with E-state index in [4.69, 9.17) is 21.9 Å². The molecule has 0 aliphatic carbocycles. The molecule has 2 aliphatic rings. The van der Waals surface area contributed by atoms with Crippen LogP contribution in [-0.2, 0) is 4.74 Å². The number of thiazole rings is 1. The van der Waals surface area contributed by atoms with Gasteiger partial charge >= 0.3 is 0 Å². The summed E-state index contributed by atoms with van der Waals surface area (Å²) in [6.07, 6.45) is 2.26. The molecular weight excluding hydrogens is 364 g/mol. The molecule has 2 fully saturated rings. The number of aromatic nitrogens is 1. The Morgan fingerprint density at radius 2 is 1.96 bits per heavy atom. The van der Waals surface area contributed by atoms with Crippen LogP contribution in [0.15, 0.2) is 24.3 Å². The first-order valence-corrected chi connectivity index (χ1v) is 10.7. The van der Waals surface area contributed by atoms with E-state index in [0.29, 0.717) is 5.92 Å². The van der Waals surface area contributed by atoms with Crippen molar-refractivity contribution in [2.75, 3.05) is 52.5 Å².